The Balaban J connectivity index is 1.54. The Morgan fingerprint density at radius 3 is 1.89 bits per heavy atom. The number of benzene rings is 1. The predicted molar refractivity (Wildman–Crippen MR) is 98.3 cm³/mol. The number of ether oxygens (including phenoxy) is 1. The van der Waals surface area contributed by atoms with Crippen LogP contribution in [0.2, 0.25) is 0 Å². The minimum atomic E-state index is -3.73. The summed E-state index contributed by atoms with van der Waals surface area (Å²) in [6.07, 6.45) is 2.47. The van der Waals surface area contributed by atoms with Crippen LogP contribution in [0.3, 0.4) is 0 Å². The van der Waals surface area contributed by atoms with Gasteiger partial charge in [0.2, 0.25) is 21.8 Å². The lowest BCUT2D eigenvalue weighted by molar-refractivity contribution is -0.131. The highest BCUT2D eigenvalue weighted by Crippen LogP contribution is 2.18. The smallest absolute Gasteiger partial charge is 0.246 e. The van der Waals surface area contributed by atoms with E-state index >= 15 is 0 Å². The largest absolute Gasteiger partial charge is 0.378 e. The number of nitrogens with zero attached hydrogens (tertiary/aromatic N) is 3. The minimum absolute atomic E-state index is 0.0182. The van der Waals surface area contributed by atoms with Gasteiger partial charge in [0, 0.05) is 51.4 Å². The van der Waals surface area contributed by atoms with Gasteiger partial charge in [-0.3, -0.25) is 9.59 Å². The van der Waals surface area contributed by atoms with Crippen molar-refractivity contribution in [1.82, 2.24) is 14.1 Å². The van der Waals surface area contributed by atoms with E-state index in [0.717, 1.165) is 12.1 Å². The number of halogens is 1. The van der Waals surface area contributed by atoms with E-state index in [1.165, 1.54) is 33.5 Å². The van der Waals surface area contributed by atoms with Crippen molar-refractivity contribution in [2.45, 2.75) is 4.90 Å². The molecule has 3 rings (SSSR count). The number of amides is 2. The predicted octanol–water partition coefficient (Wildman–Crippen LogP) is 0.0736. The summed E-state index contributed by atoms with van der Waals surface area (Å²) >= 11 is 0. The van der Waals surface area contributed by atoms with Crippen molar-refractivity contribution in [3.8, 4) is 0 Å². The van der Waals surface area contributed by atoms with Crippen LogP contribution < -0.4 is 0 Å². The zero-order chi connectivity index (χ0) is 20.1. The van der Waals surface area contributed by atoms with Crippen LogP contribution in [-0.2, 0) is 24.3 Å². The summed E-state index contributed by atoms with van der Waals surface area (Å²) in [5.74, 6) is -1.08. The van der Waals surface area contributed by atoms with E-state index in [4.69, 9.17) is 4.74 Å². The molecule has 28 heavy (non-hydrogen) atoms. The van der Waals surface area contributed by atoms with Crippen LogP contribution in [0.25, 0.3) is 0 Å². The molecule has 0 aromatic heterocycles. The van der Waals surface area contributed by atoms with Crippen LogP contribution in [0.4, 0.5) is 4.39 Å². The molecule has 1 aromatic rings. The van der Waals surface area contributed by atoms with Gasteiger partial charge in [-0.15, -0.1) is 0 Å². The molecular formula is C18H22FN3O5S. The van der Waals surface area contributed by atoms with Gasteiger partial charge in [-0.25, -0.2) is 12.8 Å². The zero-order valence-corrected chi connectivity index (χ0v) is 16.1. The highest BCUT2D eigenvalue weighted by molar-refractivity contribution is 7.89. The average Bonchev–Trinajstić information content (AvgIpc) is 2.73. The van der Waals surface area contributed by atoms with Gasteiger partial charge in [0.15, 0.2) is 0 Å². The van der Waals surface area contributed by atoms with Crippen LogP contribution in [0.5, 0.6) is 0 Å². The molecule has 2 saturated heterocycles. The third-order valence-corrected chi connectivity index (χ3v) is 6.61. The summed E-state index contributed by atoms with van der Waals surface area (Å²) in [6.45, 7) is 2.67. The van der Waals surface area contributed by atoms with E-state index in [1.54, 1.807) is 4.90 Å². The van der Waals surface area contributed by atoms with E-state index in [-0.39, 0.29) is 42.9 Å². The number of hydrogen-bond acceptors (Lipinski definition) is 5. The van der Waals surface area contributed by atoms with Gasteiger partial charge in [0.25, 0.3) is 0 Å². The van der Waals surface area contributed by atoms with Crippen molar-refractivity contribution < 1.29 is 27.1 Å². The number of sulfonamides is 1. The number of carbonyl (C=O) groups excluding carboxylic acids is 2. The number of rotatable bonds is 4. The van der Waals surface area contributed by atoms with Crippen molar-refractivity contribution in [3.05, 3.63) is 42.2 Å². The lowest BCUT2D eigenvalue weighted by Gasteiger charge is -2.33. The van der Waals surface area contributed by atoms with Gasteiger partial charge in [0.1, 0.15) is 5.82 Å². The molecule has 0 aliphatic carbocycles. The molecule has 2 aliphatic heterocycles. The Morgan fingerprint density at radius 1 is 0.857 bits per heavy atom. The Labute approximate surface area is 163 Å². The molecule has 2 amide bonds. The molecule has 2 heterocycles. The molecule has 0 N–H and O–H groups in total. The fourth-order valence-electron chi connectivity index (χ4n) is 3.04. The first-order chi connectivity index (χ1) is 13.4. The van der Waals surface area contributed by atoms with Crippen LogP contribution in [0.1, 0.15) is 0 Å². The molecule has 2 aliphatic rings. The van der Waals surface area contributed by atoms with Gasteiger partial charge < -0.3 is 14.5 Å². The van der Waals surface area contributed by atoms with Crippen molar-refractivity contribution in [1.29, 1.82) is 0 Å². The normalized spacial score (nSPS) is 19.2. The fourth-order valence-corrected chi connectivity index (χ4v) is 4.46. The molecule has 0 spiro atoms. The molecule has 1 aromatic carbocycles. The fraction of sp³-hybridized carbons (Fsp3) is 0.444. The van der Waals surface area contributed by atoms with Gasteiger partial charge in [0.05, 0.1) is 18.1 Å². The Morgan fingerprint density at radius 2 is 1.36 bits per heavy atom. The van der Waals surface area contributed by atoms with Crippen LogP contribution in [0.15, 0.2) is 41.3 Å². The van der Waals surface area contributed by atoms with Gasteiger partial charge >= 0.3 is 0 Å². The molecule has 0 unspecified atom stereocenters. The second-order valence-electron chi connectivity index (χ2n) is 6.45. The van der Waals surface area contributed by atoms with Crippen LogP contribution >= 0.6 is 0 Å². The maximum absolute atomic E-state index is 13.0. The Hall–Kier alpha value is -2.30. The topological polar surface area (TPSA) is 87.2 Å². The van der Waals surface area contributed by atoms with E-state index in [0.29, 0.717) is 26.3 Å². The van der Waals surface area contributed by atoms with Crippen molar-refractivity contribution in [2.75, 3.05) is 52.5 Å². The summed E-state index contributed by atoms with van der Waals surface area (Å²) < 4.78 is 44.6. The molecule has 0 atom stereocenters. The van der Waals surface area contributed by atoms with Crippen molar-refractivity contribution in [2.24, 2.45) is 0 Å². The molecule has 8 nitrogen and oxygen atoms in total. The highest BCUT2D eigenvalue weighted by Gasteiger charge is 2.29. The second kappa shape index (κ2) is 8.80. The first-order valence-electron chi connectivity index (χ1n) is 8.97. The lowest BCUT2D eigenvalue weighted by Crippen LogP contribution is -2.50. The van der Waals surface area contributed by atoms with Crippen molar-refractivity contribution >= 4 is 21.8 Å². The van der Waals surface area contributed by atoms with Gasteiger partial charge in [-0.1, -0.05) is 0 Å². The third kappa shape index (κ3) is 4.75. The Kier molecular flexibility index (Phi) is 6.42. The molecular weight excluding hydrogens is 389 g/mol. The quantitative estimate of drug-likeness (QED) is 0.655. The number of piperazine rings is 1. The van der Waals surface area contributed by atoms with Crippen LogP contribution in [0, 0.1) is 5.82 Å². The monoisotopic (exact) mass is 411 g/mol. The third-order valence-electron chi connectivity index (χ3n) is 4.69. The van der Waals surface area contributed by atoms with Gasteiger partial charge in [-0.05, 0) is 24.3 Å². The summed E-state index contributed by atoms with van der Waals surface area (Å²) in [4.78, 5) is 27.5. The standard InChI is InChI=1S/C18H22FN3O5S/c19-15-1-3-16(4-2-15)28(25,26)22-9-7-20(8-10-22)17(23)5-6-18(24)21-11-13-27-14-12-21/h1-6H,7-14H2/b6-5+. The molecule has 0 saturated carbocycles. The summed E-state index contributed by atoms with van der Waals surface area (Å²) in [5, 5.41) is 0. The lowest BCUT2D eigenvalue weighted by atomic mass is 10.3. The maximum Gasteiger partial charge on any atom is 0.246 e. The molecule has 0 radical (unpaired) electrons. The van der Waals surface area contributed by atoms with Crippen LogP contribution in [-0.4, -0.2) is 86.8 Å². The zero-order valence-electron chi connectivity index (χ0n) is 15.3. The second-order valence-corrected chi connectivity index (χ2v) is 8.39. The highest BCUT2D eigenvalue weighted by atomic mass is 32.2. The first-order valence-corrected chi connectivity index (χ1v) is 10.4. The maximum atomic E-state index is 13.0. The van der Waals surface area contributed by atoms with E-state index < -0.39 is 15.8 Å². The first kappa shape index (κ1) is 20.4. The van der Waals surface area contributed by atoms with Gasteiger partial charge in [-0.2, -0.15) is 4.31 Å². The van der Waals surface area contributed by atoms with E-state index in [1.807, 2.05) is 0 Å². The molecule has 2 fully saturated rings. The average molecular weight is 411 g/mol. The molecule has 10 heteroatoms. The van der Waals surface area contributed by atoms with E-state index in [2.05, 4.69) is 0 Å². The molecule has 0 bridgehead atoms. The molecule has 152 valence electrons. The van der Waals surface area contributed by atoms with E-state index in [9.17, 15) is 22.4 Å². The number of hydrogen-bond donors (Lipinski definition) is 0. The summed E-state index contributed by atoms with van der Waals surface area (Å²) in [6, 6.07) is 4.65. The Bertz CT molecular complexity index is 842. The summed E-state index contributed by atoms with van der Waals surface area (Å²) in [5.41, 5.74) is 0. The number of morpholine rings is 1. The minimum Gasteiger partial charge on any atom is -0.378 e. The number of carbonyl (C=O) groups is 2. The van der Waals surface area contributed by atoms with Crippen molar-refractivity contribution in [3.63, 3.8) is 0 Å². The summed E-state index contributed by atoms with van der Waals surface area (Å²) in [7, 11) is -3.73. The SMILES string of the molecule is O=C(/C=C/C(=O)N1CCN(S(=O)(=O)c2ccc(F)cc2)CC1)N1CCOCC1.